The third-order valence-corrected chi connectivity index (χ3v) is 3.91. The second kappa shape index (κ2) is 5.63. The van der Waals surface area contributed by atoms with Crippen molar-refractivity contribution in [2.45, 2.75) is 32.2 Å². The minimum atomic E-state index is -0.329. The van der Waals surface area contributed by atoms with Crippen LogP contribution in [-0.2, 0) is 6.42 Å². The van der Waals surface area contributed by atoms with Gasteiger partial charge in [-0.3, -0.25) is 0 Å². The van der Waals surface area contributed by atoms with Gasteiger partial charge in [-0.05, 0) is 31.0 Å². The van der Waals surface area contributed by atoms with Crippen LogP contribution in [0.25, 0.3) is 11.1 Å². The Bertz CT molecular complexity index is 644. The lowest BCUT2D eigenvalue weighted by Crippen LogP contribution is -2.44. The van der Waals surface area contributed by atoms with Gasteiger partial charge in [0.05, 0.1) is 0 Å². The lowest BCUT2D eigenvalue weighted by molar-refractivity contribution is 0.193. The number of anilines is 1. The fourth-order valence-electron chi connectivity index (χ4n) is 2.70. The van der Waals surface area contributed by atoms with Crippen LogP contribution in [0.4, 0.5) is 10.5 Å². The second-order valence-corrected chi connectivity index (χ2v) is 5.39. The normalized spacial score (nSPS) is 16.3. The summed E-state index contributed by atoms with van der Waals surface area (Å²) in [7, 11) is 0. The summed E-state index contributed by atoms with van der Waals surface area (Å²) in [5, 5.41) is 3.50. The summed E-state index contributed by atoms with van der Waals surface area (Å²) in [4.78, 5) is 17.2. The number of rotatable bonds is 3. The molecular formula is C15H20N4O2. The fraction of sp³-hybridized carbons (Fsp3) is 0.467. The number of benzene rings is 1. The van der Waals surface area contributed by atoms with Crippen LogP contribution in [0.3, 0.4) is 0 Å². The molecule has 1 fully saturated rings. The molecule has 1 aromatic carbocycles. The molecule has 0 saturated carbocycles. The molecule has 6 heteroatoms. The molecule has 2 heterocycles. The first-order valence-corrected chi connectivity index (χ1v) is 7.36. The number of fused-ring (bicyclic) bond motifs is 1. The van der Waals surface area contributed by atoms with Crippen molar-refractivity contribution < 1.29 is 9.21 Å². The van der Waals surface area contributed by atoms with Crippen molar-refractivity contribution in [1.29, 1.82) is 0 Å². The van der Waals surface area contributed by atoms with E-state index >= 15 is 0 Å². The molecule has 112 valence electrons. The van der Waals surface area contributed by atoms with Crippen molar-refractivity contribution in [1.82, 2.24) is 9.88 Å². The number of amides is 2. The number of urea groups is 1. The summed E-state index contributed by atoms with van der Waals surface area (Å²) in [6.07, 6.45) is 2.60. The maximum Gasteiger partial charge on any atom is 0.314 e. The molecule has 0 bridgehead atoms. The minimum Gasteiger partial charge on any atom is -0.441 e. The third kappa shape index (κ3) is 2.94. The highest BCUT2D eigenvalue weighted by atomic mass is 16.3. The standard InChI is InChI=1S/C15H20N4O2/c1-2-14-18-12-9-11(3-4-13(12)21-14)17-10-5-7-19(8-6-10)15(16)20/h3-4,9-10,17H,2,5-8H2,1H3,(H2,16,20). The predicted molar refractivity (Wildman–Crippen MR) is 81.2 cm³/mol. The Morgan fingerprint density at radius 1 is 1.48 bits per heavy atom. The average molecular weight is 288 g/mol. The summed E-state index contributed by atoms with van der Waals surface area (Å²) in [5.74, 6) is 0.761. The Kier molecular flexibility index (Phi) is 3.68. The minimum absolute atomic E-state index is 0.329. The van der Waals surface area contributed by atoms with E-state index < -0.39 is 0 Å². The number of carbonyl (C=O) groups excluding carboxylic acids is 1. The largest absolute Gasteiger partial charge is 0.441 e. The van der Waals surface area contributed by atoms with E-state index in [1.54, 1.807) is 4.90 Å². The quantitative estimate of drug-likeness (QED) is 0.908. The summed E-state index contributed by atoms with van der Waals surface area (Å²) < 4.78 is 5.61. The van der Waals surface area contributed by atoms with Crippen LogP contribution in [-0.4, -0.2) is 35.0 Å². The molecule has 0 atom stereocenters. The molecule has 21 heavy (non-hydrogen) atoms. The molecule has 1 aliphatic rings. The summed E-state index contributed by atoms with van der Waals surface area (Å²) in [6.45, 7) is 3.44. The van der Waals surface area contributed by atoms with E-state index in [9.17, 15) is 4.79 Å². The van der Waals surface area contributed by atoms with Crippen molar-refractivity contribution in [3.8, 4) is 0 Å². The first kappa shape index (κ1) is 13.7. The number of hydrogen-bond donors (Lipinski definition) is 2. The van der Waals surface area contributed by atoms with E-state index in [1.165, 1.54) is 0 Å². The number of nitrogens with one attached hydrogen (secondary N) is 1. The highest BCUT2D eigenvalue weighted by Crippen LogP contribution is 2.22. The number of aryl methyl sites for hydroxylation is 1. The number of piperidine rings is 1. The number of nitrogens with two attached hydrogens (primary N) is 1. The molecule has 2 aromatic rings. The van der Waals surface area contributed by atoms with E-state index in [0.717, 1.165) is 41.9 Å². The number of nitrogens with zero attached hydrogens (tertiary/aromatic N) is 2. The van der Waals surface area contributed by atoms with Crippen LogP contribution < -0.4 is 11.1 Å². The van der Waals surface area contributed by atoms with Crippen molar-refractivity contribution in [3.05, 3.63) is 24.1 Å². The van der Waals surface area contributed by atoms with Crippen LogP contribution in [0.2, 0.25) is 0 Å². The molecule has 0 spiro atoms. The SMILES string of the molecule is CCc1nc2cc(NC3CCN(C(N)=O)CC3)ccc2o1. The van der Waals surface area contributed by atoms with Gasteiger partial charge in [-0.15, -0.1) is 0 Å². The molecular weight excluding hydrogens is 268 g/mol. The van der Waals surface area contributed by atoms with Crippen molar-refractivity contribution in [2.75, 3.05) is 18.4 Å². The summed E-state index contributed by atoms with van der Waals surface area (Å²) in [6, 6.07) is 5.99. The average Bonchev–Trinajstić information content (AvgIpc) is 2.90. The summed E-state index contributed by atoms with van der Waals surface area (Å²) >= 11 is 0. The Morgan fingerprint density at radius 3 is 2.90 bits per heavy atom. The molecule has 1 aliphatic heterocycles. The van der Waals surface area contributed by atoms with Crippen LogP contribution in [0.1, 0.15) is 25.7 Å². The molecule has 0 unspecified atom stereocenters. The van der Waals surface area contributed by atoms with Gasteiger partial charge in [0.1, 0.15) is 5.52 Å². The topological polar surface area (TPSA) is 84.4 Å². The van der Waals surface area contributed by atoms with Crippen LogP contribution in [0.5, 0.6) is 0 Å². The van der Waals surface area contributed by atoms with Crippen LogP contribution in [0, 0.1) is 0 Å². The van der Waals surface area contributed by atoms with E-state index in [-0.39, 0.29) is 6.03 Å². The maximum atomic E-state index is 11.1. The Morgan fingerprint density at radius 2 is 2.24 bits per heavy atom. The lowest BCUT2D eigenvalue weighted by atomic mass is 10.0. The van der Waals surface area contributed by atoms with E-state index in [4.69, 9.17) is 10.2 Å². The highest BCUT2D eigenvalue weighted by molar-refractivity contribution is 5.77. The number of carbonyl (C=O) groups is 1. The number of primary amides is 1. The number of oxazole rings is 1. The molecule has 0 radical (unpaired) electrons. The van der Waals surface area contributed by atoms with Gasteiger partial charge in [0.25, 0.3) is 0 Å². The molecule has 3 N–H and O–H groups in total. The van der Waals surface area contributed by atoms with Gasteiger partial charge in [0.2, 0.25) is 0 Å². The van der Waals surface area contributed by atoms with Gasteiger partial charge in [-0.25, -0.2) is 9.78 Å². The van der Waals surface area contributed by atoms with Gasteiger partial charge in [-0.1, -0.05) is 6.92 Å². The molecule has 1 saturated heterocycles. The Balaban J connectivity index is 1.66. The van der Waals surface area contributed by atoms with Crippen molar-refractivity contribution in [3.63, 3.8) is 0 Å². The zero-order valence-corrected chi connectivity index (χ0v) is 12.1. The first-order chi connectivity index (χ1) is 10.2. The number of aromatic nitrogens is 1. The maximum absolute atomic E-state index is 11.1. The lowest BCUT2D eigenvalue weighted by Gasteiger charge is -2.31. The zero-order valence-electron chi connectivity index (χ0n) is 12.1. The van der Waals surface area contributed by atoms with E-state index in [1.807, 2.05) is 25.1 Å². The molecule has 3 rings (SSSR count). The second-order valence-electron chi connectivity index (χ2n) is 5.39. The van der Waals surface area contributed by atoms with Crippen LogP contribution in [0.15, 0.2) is 22.6 Å². The van der Waals surface area contributed by atoms with E-state index in [2.05, 4.69) is 10.3 Å². The molecule has 2 amide bonds. The van der Waals surface area contributed by atoms with Gasteiger partial charge in [0, 0.05) is 31.2 Å². The van der Waals surface area contributed by atoms with Crippen LogP contribution >= 0.6 is 0 Å². The van der Waals surface area contributed by atoms with Gasteiger partial charge >= 0.3 is 6.03 Å². The predicted octanol–water partition coefficient (Wildman–Crippen LogP) is 2.35. The smallest absolute Gasteiger partial charge is 0.314 e. The Labute approximate surface area is 123 Å². The first-order valence-electron chi connectivity index (χ1n) is 7.36. The zero-order chi connectivity index (χ0) is 14.8. The third-order valence-electron chi connectivity index (χ3n) is 3.91. The van der Waals surface area contributed by atoms with E-state index in [0.29, 0.717) is 19.1 Å². The Hall–Kier alpha value is -2.24. The molecule has 6 nitrogen and oxygen atoms in total. The molecule has 0 aliphatic carbocycles. The molecule has 1 aromatic heterocycles. The number of likely N-dealkylation sites (tertiary alicyclic amines) is 1. The summed E-state index contributed by atoms with van der Waals surface area (Å²) in [5.41, 5.74) is 8.03. The highest BCUT2D eigenvalue weighted by Gasteiger charge is 2.21. The van der Waals surface area contributed by atoms with Gasteiger partial charge < -0.3 is 20.4 Å². The fourth-order valence-corrected chi connectivity index (χ4v) is 2.70. The monoisotopic (exact) mass is 288 g/mol. The van der Waals surface area contributed by atoms with Gasteiger partial charge in [0.15, 0.2) is 11.5 Å². The van der Waals surface area contributed by atoms with Gasteiger partial charge in [-0.2, -0.15) is 0 Å². The van der Waals surface area contributed by atoms with Crippen molar-refractivity contribution >= 4 is 22.8 Å². The number of hydrogen-bond acceptors (Lipinski definition) is 4. The van der Waals surface area contributed by atoms with Crippen molar-refractivity contribution in [2.24, 2.45) is 5.73 Å².